The van der Waals surface area contributed by atoms with Gasteiger partial charge in [0.1, 0.15) is 0 Å². The van der Waals surface area contributed by atoms with E-state index in [1.54, 1.807) is 0 Å². The molecule has 1 aliphatic heterocycles. The average molecular weight is 337 g/mol. The minimum absolute atomic E-state index is 0.0127. The molecule has 20 heavy (non-hydrogen) atoms. The Balaban J connectivity index is 1.86. The highest BCUT2D eigenvalue weighted by atomic mass is 79.9. The molecule has 1 heterocycles. The Morgan fingerprint density at radius 3 is 2.45 bits per heavy atom. The van der Waals surface area contributed by atoms with E-state index < -0.39 is 0 Å². The number of carbonyl (C=O) groups is 1. The van der Waals surface area contributed by atoms with E-state index in [2.05, 4.69) is 47.2 Å². The van der Waals surface area contributed by atoms with Crippen LogP contribution in [0.15, 0.2) is 16.6 Å². The van der Waals surface area contributed by atoms with Gasteiger partial charge in [0.2, 0.25) is 5.91 Å². The number of hydrogen-bond acceptors (Lipinski definition) is 2. The average Bonchev–Trinajstić information content (AvgIpc) is 3.16. The van der Waals surface area contributed by atoms with Gasteiger partial charge in [-0.3, -0.25) is 4.79 Å². The van der Waals surface area contributed by atoms with Crippen LogP contribution in [0.4, 0.5) is 5.69 Å². The van der Waals surface area contributed by atoms with Crippen molar-refractivity contribution in [3.63, 3.8) is 0 Å². The van der Waals surface area contributed by atoms with E-state index in [1.165, 1.54) is 12.8 Å². The zero-order chi connectivity index (χ0) is 14.3. The van der Waals surface area contributed by atoms with E-state index in [9.17, 15) is 4.79 Å². The van der Waals surface area contributed by atoms with Crippen LogP contribution in [0.25, 0.3) is 0 Å². The Morgan fingerprint density at radius 1 is 1.20 bits per heavy atom. The summed E-state index contributed by atoms with van der Waals surface area (Å²) >= 11 is 3.52. The third-order valence-corrected chi connectivity index (χ3v) is 4.64. The fourth-order valence-electron chi connectivity index (χ4n) is 3.12. The normalized spacial score (nSPS) is 23.2. The second-order valence-electron chi connectivity index (χ2n) is 6.01. The van der Waals surface area contributed by atoms with Gasteiger partial charge in [0.05, 0.1) is 6.04 Å². The molecule has 0 spiro atoms. The van der Waals surface area contributed by atoms with E-state index in [0.717, 1.165) is 40.7 Å². The molecule has 0 aromatic heterocycles. The lowest BCUT2D eigenvalue weighted by Crippen LogP contribution is -2.51. The van der Waals surface area contributed by atoms with E-state index >= 15 is 0 Å². The molecule has 3 nitrogen and oxygen atoms in total. The van der Waals surface area contributed by atoms with Gasteiger partial charge in [-0.25, -0.2) is 0 Å². The highest BCUT2D eigenvalue weighted by Crippen LogP contribution is 2.32. The molecule has 4 heteroatoms. The van der Waals surface area contributed by atoms with Gasteiger partial charge in [0.15, 0.2) is 0 Å². The van der Waals surface area contributed by atoms with Crippen LogP contribution in [0.5, 0.6) is 0 Å². The smallest absolute Gasteiger partial charge is 0.244 e. The van der Waals surface area contributed by atoms with Crippen molar-refractivity contribution in [1.82, 2.24) is 5.32 Å². The van der Waals surface area contributed by atoms with Crippen LogP contribution in [-0.4, -0.2) is 24.5 Å². The maximum Gasteiger partial charge on any atom is 0.244 e. The number of aryl methyl sites for hydroxylation is 2. The first-order valence-electron chi connectivity index (χ1n) is 7.40. The summed E-state index contributed by atoms with van der Waals surface area (Å²) in [5, 5.41) is 3.49. The number of nitrogens with one attached hydrogen (secondary N) is 1. The number of amides is 1. The summed E-state index contributed by atoms with van der Waals surface area (Å²) < 4.78 is 1.08. The maximum atomic E-state index is 12.7. The monoisotopic (exact) mass is 336 g/mol. The number of rotatable bonds is 3. The predicted octanol–water partition coefficient (Wildman–Crippen LogP) is 3.31. The summed E-state index contributed by atoms with van der Waals surface area (Å²) in [6.07, 6.45) is 4.49. The first-order valence-corrected chi connectivity index (χ1v) is 8.20. The van der Waals surface area contributed by atoms with E-state index in [-0.39, 0.29) is 11.9 Å². The van der Waals surface area contributed by atoms with Gasteiger partial charge < -0.3 is 10.2 Å². The number of halogens is 1. The maximum absolute atomic E-state index is 12.7. The molecule has 1 aromatic carbocycles. The molecule has 1 amide bonds. The molecule has 1 N–H and O–H groups in total. The summed E-state index contributed by atoms with van der Waals surface area (Å²) in [7, 11) is 0. The number of nitrogens with zero attached hydrogens (tertiary/aromatic N) is 1. The lowest BCUT2D eigenvalue weighted by Gasteiger charge is -2.34. The molecule has 1 saturated heterocycles. The van der Waals surface area contributed by atoms with E-state index in [1.807, 2.05) is 4.90 Å². The Bertz CT molecular complexity index is 516. The summed E-state index contributed by atoms with van der Waals surface area (Å²) in [6.45, 7) is 5.00. The second kappa shape index (κ2) is 5.49. The topological polar surface area (TPSA) is 32.3 Å². The number of piperidine rings is 1. The standard InChI is InChI=1S/C16H21BrN2O/c1-10-8-12(17)9-11(2)15(10)19-7-3-4-14(16(19)20)18-13-5-6-13/h8-9,13-14,18H,3-7H2,1-2H3. The van der Waals surface area contributed by atoms with Gasteiger partial charge in [-0.2, -0.15) is 0 Å². The van der Waals surface area contributed by atoms with Crippen molar-refractivity contribution in [3.05, 3.63) is 27.7 Å². The van der Waals surface area contributed by atoms with Gasteiger partial charge in [-0.1, -0.05) is 15.9 Å². The first kappa shape index (κ1) is 14.1. The lowest BCUT2D eigenvalue weighted by atomic mass is 10.0. The molecule has 0 radical (unpaired) electrons. The third-order valence-electron chi connectivity index (χ3n) is 4.18. The quantitative estimate of drug-likeness (QED) is 0.918. The molecular formula is C16H21BrN2O. The fraction of sp³-hybridized carbons (Fsp3) is 0.562. The lowest BCUT2D eigenvalue weighted by molar-refractivity contribution is -0.121. The molecule has 1 aliphatic carbocycles. The molecule has 1 aromatic rings. The zero-order valence-electron chi connectivity index (χ0n) is 12.1. The van der Waals surface area contributed by atoms with Crippen molar-refractivity contribution < 1.29 is 4.79 Å². The van der Waals surface area contributed by atoms with Crippen molar-refractivity contribution in [2.75, 3.05) is 11.4 Å². The molecule has 2 fully saturated rings. The van der Waals surface area contributed by atoms with Crippen LogP contribution >= 0.6 is 15.9 Å². The third kappa shape index (κ3) is 2.77. The Hall–Kier alpha value is -0.870. The molecule has 1 saturated carbocycles. The molecule has 3 rings (SSSR count). The summed E-state index contributed by atoms with van der Waals surface area (Å²) in [4.78, 5) is 14.7. The molecule has 1 atom stereocenters. The number of carbonyl (C=O) groups excluding carboxylic acids is 1. The number of hydrogen-bond donors (Lipinski definition) is 1. The van der Waals surface area contributed by atoms with Crippen molar-refractivity contribution in [2.45, 2.75) is 51.6 Å². The Labute approximate surface area is 128 Å². The van der Waals surface area contributed by atoms with Gasteiger partial charge >= 0.3 is 0 Å². The molecular weight excluding hydrogens is 316 g/mol. The van der Waals surface area contributed by atoms with Crippen LogP contribution < -0.4 is 10.2 Å². The van der Waals surface area contributed by atoms with Gasteiger partial charge in [-0.05, 0) is 62.8 Å². The van der Waals surface area contributed by atoms with Gasteiger partial charge in [-0.15, -0.1) is 0 Å². The van der Waals surface area contributed by atoms with Crippen LogP contribution in [0.3, 0.4) is 0 Å². The SMILES string of the molecule is Cc1cc(Br)cc(C)c1N1CCCC(NC2CC2)C1=O. The van der Waals surface area contributed by atoms with Crippen molar-refractivity contribution in [1.29, 1.82) is 0 Å². The van der Waals surface area contributed by atoms with Crippen LogP contribution in [-0.2, 0) is 4.79 Å². The first-order chi connectivity index (χ1) is 9.56. The predicted molar refractivity (Wildman–Crippen MR) is 85.1 cm³/mol. The largest absolute Gasteiger partial charge is 0.311 e. The number of anilines is 1. The molecule has 1 unspecified atom stereocenters. The molecule has 2 aliphatic rings. The second-order valence-corrected chi connectivity index (χ2v) is 6.93. The van der Waals surface area contributed by atoms with Gasteiger partial charge in [0.25, 0.3) is 0 Å². The number of benzene rings is 1. The van der Waals surface area contributed by atoms with Crippen molar-refractivity contribution in [3.8, 4) is 0 Å². The highest BCUT2D eigenvalue weighted by molar-refractivity contribution is 9.10. The Morgan fingerprint density at radius 2 is 1.85 bits per heavy atom. The highest BCUT2D eigenvalue weighted by Gasteiger charge is 2.34. The minimum Gasteiger partial charge on any atom is -0.311 e. The molecule has 108 valence electrons. The van der Waals surface area contributed by atoms with Gasteiger partial charge in [0, 0.05) is 22.7 Å². The summed E-state index contributed by atoms with van der Waals surface area (Å²) in [5.74, 6) is 0.247. The van der Waals surface area contributed by atoms with Crippen LogP contribution in [0.1, 0.15) is 36.8 Å². The Kier molecular flexibility index (Phi) is 3.87. The fourth-order valence-corrected chi connectivity index (χ4v) is 3.80. The van der Waals surface area contributed by atoms with Crippen LogP contribution in [0.2, 0.25) is 0 Å². The van der Waals surface area contributed by atoms with Crippen molar-refractivity contribution >= 4 is 27.5 Å². The summed E-state index contributed by atoms with van der Waals surface area (Å²) in [6, 6.07) is 4.77. The summed E-state index contributed by atoms with van der Waals surface area (Å²) in [5.41, 5.74) is 3.43. The molecule has 0 bridgehead atoms. The van der Waals surface area contributed by atoms with Crippen LogP contribution in [0, 0.1) is 13.8 Å². The zero-order valence-corrected chi connectivity index (χ0v) is 13.7. The van der Waals surface area contributed by atoms with Crippen molar-refractivity contribution in [2.24, 2.45) is 0 Å². The minimum atomic E-state index is 0.0127. The van der Waals surface area contributed by atoms with E-state index in [4.69, 9.17) is 0 Å². The van der Waals surface area contributed by atoms with E-state index in [0.29, 0.717) is 6.04 Å².